The van der Waals surface area contributed by atoms with Gasteiger partial charge < -0.3 is 20.5 Å². The average molecular weight is 222 g/mol. The van der Waals surface area contributed by atoms with E-state index in [0.29, 0.717) is 12.2 Å². The summed E-state index contributed by atoms with van der Waals surface area (Å²) in [6.07, 6.45) is 0.482. The fourth-order valence-corrected chi connectivity index (χ4v) is 1.60. The van der Waals surface area contributed by atoms with Gasteiger partial charge in [0.15, 0.2) is 11.5 Å². The van der Waals surface area contributed by atoms with Gasteiger partial charge in [-0.2, -0.15) is 0 Å². The second-order valence-corrected chi connectivity index (χ2v) is 3.61. The molecule has 0 saturated carbocycles. The predicted molar refractivity (Wildman–Crippen MR) is 58.3 cm³/mol. The first kappa shape index (κ1) is 10.8. The Labute approximate surface area is 93.5 Å². The summed E-state index contributed by atoms with van der Waals surface area (Å²) in [6.45, 7) is 0.250. The third-order valence-electron chi connectivity index (χ3n) is 2.48. The number of amides is 1. The van der Waals surface area contributed by atoms with Crippen molar-refractivity contribution in [2.45, 2.75) is 12.5 Å². The highest BCUT2D eigenvalue weighted by Gasteiger charge is 2.16. The summed E-state index contributed by atoms with van der Waals surface area (Å²) >= 11 is 0. The molecule has 5 heteroatoms. The lowest BCUT2D eigenvalue weighted by molar-refractivity contribution is -0.121. The van der Waals surface area contributed by atoms with Crippen LogP contribution in [-0.4, -0.2) is 25.8 Å². The molecule has 0 fully saturated rings. The minimum atomic E-state index is -0.537. The summed E-state index contributed by atoms with van der Waals surface area (Å²) < 4.78 is 10.4. The van der Waals surface area contributed by atoms with Crippen LogP contribution in [0, 0.1) is 0 Å². The van der Waals surface area contributed by atoms with Gasteiger partial charge in [0.2, 0.25) is 12.7 Å². The summed E-state index contributed by atoms with van der Waals surface area (Å²) in [5.41, 5.74) is 6.68. The quantitative estimate of drug-likeness (QED) is 0.756. The highest BCUT2D eigenvalue weighted by molar-refractivity contribution is 5.81. The zero-order valence-electron chi connectivity index (χ0n) is 9.03. The Balaban J connectivity index is 2.08. The van der Waals surface area contributed by atoms with Crippen LogP contribution >= 0.6 is 0 Å². The van der Waals surface area contributed by atoms with Crippen molar-refractivity contribution in [3.8, 4) is 11.5 Å². The zero-order valence-corrected chi connectivity index (χ0v) is 9.03. The minimum absolute atomic E-state index is 0.169. The van der Waals surface area contributed by atoms with E-state index in [2.05, 4.69) is 5.32 Å². The molecule has 0 bridgehead atoms. The smallest absolute Gasteiger partial charge is 0.237 e. The number of hydrogen-bond acceptors (Lipinski definition) is 4. The number of fused-ring (bicyclic) bond motifs is 1. The van der Waals surface area contributed by atoms with Gasteiger partial charge in [-0.25, -0.2) is 0 Å². The largest absolute Gasteiger partial charge is 0.454 e. The van der Waals surface area contributed by atoms with Crippen LogP contribution in [0.2, 0.25) is 0 Å². The first-order valence-electron chi connectivity index (χ1n) is 5.06. The van der Waals surface area contributed by atoms with E-state index in [1.54, 1.807) is 7.05 Å². The molecule has 1 amide bonds. The number of rotatable bonds is 3. The molecule has 1 aliphatic heterocycles. The molecule has 3 N–H and O–H groups in total. The van der Waals surface area contributed by atoms with Crippen LogP contribution in [-0.2, 0) is 11.2 Å². The number of hydrogen-bond donors (Lipinski definition) is 2. The molecule has 0 aromatic heterocycles. The van der Waals surface area contributed by atoms with Crippen LogP contribution in [0.25, 0.3) is 0 Å². The van der Waals surface area contributed by atoms with Crippen molar-refractivity contribution in [2.24, 2.45) is 5.73 Å². The van der Waals surface area contributed by atoms with Crippen molar-refractivity contribution in [1.29, 1.82) is 0 Å². The summed E-state index contributed by atoms with van der Waals surface area (Å²) in [7, 11) is 1.57. The van der Waals surface area contributed by atoms with E-state index >= 15 is 0 Å². The van der Waals surface area contributed by atoms with Crippen molar-refractivity contribution >= 4 is 5.91 Å². The van der Waals surface area contributed by atoms with Gasteiger partial charge in [0.25, 0.3) is 0 Å². The normalized spacial score (nSPS) is 14.6. The van der Waals surface area contributed by atoms with Crippen molar-refractivity contribution in [1.82, 2.24) is 5.32 Å². The maximum Gasteiger partial charge on any atom is 0.237 e. The maximum atomic E-state index is 11.3. The molecule has 86 valence electrons. The number of benzene rings is 1. The molecule has 0 spiro atoms. The maximum absolute atomic E-state index is 11.3. The average Bonchev–Trinajstić information content (AvgIpc) is 2.75. The fourth-order valence-electron chi connectivity index (χ4n) is 1.60. The Bertz CT molecular complexity index is 406. The second-order valence-electron chi connectivity index (χ2n) is 3.61. The van der Waals surface area contributed by atoms with Crippen LogP contribution in [0.5, 0.6) is 11.5 Å². The van der Waals surface area contributed by atoms with Gasteiger partial charge in [-0.3, -0.25) is 4.79 Å². The van der Waals surface area contributed by atoms with E-state index in [1.165, 1.54) is 0 Å². The van der Waals surface area contributed by atoms with Gasteiger partial charge >= 0.3 is 0 Å². The lowest BCUT2D eigenvalue weighted by Gasteiger charge is -2.10. The fraction of sp³-hybridized carbons (Fsp3) is 0.364. The second kappa shape index (κ2) is 4.40. The van der Waals surface area contributed by atoms with E-state index in [-0.39, 0.29) is 12.7 Å². The number of nitrogens with one attached hydrogen (secondary N) is 1. The SMILES string of the molecule is CNC(=O)C(N)Cc1ccc2c(c1)OCO2. The first-order chi connectivity index (χ1) is 7.70. The predicted octanol–water partition coefficient (Wildman–Crippen LogP) is 0.0311. The van der Waals surface area contributed by atoms with E-state index in [0.717, 1.165) is 11.3 Å². The molecule has 1 unspecified atom stereocenters. The Morgan fingerprint density at radius 1 is 1.50 bits per heavy atom. The summed E-state index contributed by atoms with van der Waals surface area (Å²) in [5.74, 6) is 1.27. The van der Waals surface area contributed by atoms with Gasteiger partial charge in [-0.05, 0) is 24.1 Å². The first-order valence-corrected chi connectivity index (χ1v) is 5.06. The highest BCUT2D eigenvalue weighted by Crippen LogP contribution is 2.32. The van der Waals surface area contributed by atoms with Crippen molar-refractivity contribution in [3.05, 3.63) is 23.8 Å². The molecule has 2 rings (SSSR count). The molecule has 1 aliphatic rings. The standard InChI is InChI=1S/C11H14N2O3/c1-13-11(14)8(12)4-7-2-3-9-10(5-7)16-6-15-9/h2-3,5,8H,4,6,12H2,1H3,(H,13,14). The topological polar surface area (TPSA) is 73.6 Å². The third kappa shape index (κ3) is 2.09. The van der Waals surface area contributed by atoms with Gasteiger partial charge in [0, 0.05) is 7.05 Å². The molecule has 1 aromatic carbocycles. The zero-order chi connectivity index (χ0) is 11.5. The summed E-state index contributed by atoms with van der Waals surface area (Å²) in [4.78, 5) is 11.3. The molecule has 16 heavy (non-hydrogen) atoms. The highest BCUT2D eigenvalue weighted by atomic mass is 16.7. The van der Waals surface area contributed by atoms with Crippen LogP contribution in [0.15, 0.2) is 18.2 Å². The van der Waals surface area contributed by atoms with Crippen LogP contribution in [0.4, 0.5) is 0 Å². The Morgan fingerprint density at radius 3 is 3.00 bits per heavy atom. The monoisotopic (exact) mass is 222 g/mol. The van der Waals surface area contributed by atoms with E-state index in [9.17, 15) is 4.79 Å². The Morgan fingerprint density at radius 2 is 2.25 bits per heavy atom. The third-order valence-corrected chi connectivity index (χ3v) is 2.48. The number of nitrogens with two attached hydrogens (primary N) is 1. The number of likely N-dealkylation sites (N-methyl/N-ethyl adjacent to an activating group) is 1. The molecular weight excluding hydrogens is 208 g/mol. The van der Waals surface area contributed by atoms with Crippen LogP contribution in [0.1, 0.15) is 5.56 Å². The molecule has 0 saturated heterocycles. The molecule has 1 heterocycles. The Kier molecular flexibility index (Phi) is 2.96. The lowest BCUT2D eigenvalue weighted by atomic mass is 10.1. The van der Waals surface area contributed by atoms with E-state index in [1.807, 2.05) is 18.2 Å². The van der Waals surface area contributed by atoms with Gasteiger partial charge in [-0.1, -0.05) is 6.07 Å². The molecule has 1 aromatic rings. The molecule has 0 radical (unpaired) electrons. The van der Waals surface area contributed by atoms with E-state index < -0.39 is 6.04 Å². The lowest BCUT2D eigenvalue weighted by Crippen LogP contribution is -2.40. The molecule has 5 nitrogen and oxygen atoms in total. The molecular formula is C11H14N2O3. The molecule has 0 aliphatic carbocycles. The number of carbonyl (C=O) groups excluding carboxylic acids is 1. The van der Waals surface area contributed by atoms with Crippen molar-refractivity contribution in [2.75, 3.05) is 13.8 Å². The van der Waals surface area contributed by atoms with Gasteiger partial charge in [-0.15, -0.1) is 0 Å². The van der Waals surface area contributed by atoms with Gasteiger partial charge in [0.1, 0.15) is 0 Å². The van der Waals surface area contributed by atoms with Crippen LogP contribution < -0.4 is 20.5 Å². The summed E-state index contributed by atoms with van der Waals surface area (Å²) in [6, 6.07) is 5.03. The molecule has 1 atom stereocenters. The number of carbonyl (C=O) groups is 1. The van der Waals surface area contributed by atoms with Gasteiger partial charge in [0.05, 0.1) is 6.04 Å². The Hall–Kier alpha value is -1.75. The van der Waals surface area contributed by atoms with Crippen LogP contribution in [0.3, 0.4) is 0 Å². The van der Waals surface area contributed by atoms with Crippen molar-refractivity contribution in [3.63, 3.8) is 0 Å². The minimum Gasteiger partial charge on any atom is -0.454 e. The van der Waals surface area contributed by atoms with E-state index in [4.69, 9.17) is 15.2 Å². The van der Waals surface area contributed by atoms with Crippen molar-refractivity contribution < 1.29 is 14.3 Å². The summed E-state index contributed by atoms with van der Waals surface area (Å²) in [5, 5.41) is 2.52. The number of ether oxygens (including phenoxy) is 2.